The van der Waals surface area contributed by atoms with E-state index < -0.39 is 0 Å². The summed E-state index contributed by atoms with van der Waals surface area (Å²) in [5, 5.41) is 8.69. The van der Waals surface area contributed by atoms with Crippen LogP contribution in [0.5, 0.6) is 5.75 Å². The maximum absolute atomic E-state index is 8.69. The van der Waals surface area contributed by atoms with Crippen LogP contribution < -0.4 is 15.9 Å². The predicted octanol–water partition coefficient (Wildman–Crippen LogP) is -0.278. The normalized spacial score (nSPS) is 18.0. The monoisotopic (exact) mass is 220 g/mol. The number of fused-ring (bicyclic) bond motifs is 1. The first kappa shape index (κ1) is 11.5. The standard InChI is InChI=1S/C11H15BNO3/c13-7-10-8-3-1-4-9(11(8)12-16-10)15-6-2-5-14/h1,3-4,10,14H,2,5-7,13H2/t10-/m1/s1. The van der Waals surface area contributed by atoms with E-state index in [0.717, 1.165) is 16.8 Å². The molecule has 0 bridgehead atoms. The summed E-state index contributed by atoms with van der Waals surface area (Å²) in [5.74, 6) is 0.793. The summed E-state index contributed by atoms with van der Waals surface area (Å²) in [5.41, 5.74) is 7.64. The molecule has 1 aliphatic heterocycles. The van der Waals surface area contributed by atoms with E-state index in [2.05, 4.69) is 0 Å². The molecule has 1 aromatic carbocycles. The lowest BCUT2D eigenvalue weighted by molar-refractivity contribution is 0.234. The highest BCUT2D eigenvalue weighted by molar-refractivity contribution is 6.50. The Morgan fingerprint density at radius 3 is 3.12 bits per heavy atom. The van der Waals surface area contributed by atoms with E-state index in [1.165, 1.54) is 0 Å². The third-order valence-corrected chi connectivity index (χ3v) is 2.57. The molecule has 0 amide bonds. The van der Waals surface area contributed by atoms with Gasteiger partial charge in [-0.3, -0.25) is 0 Å². The summed E-state index contributed by atoms with van der Waals surface area (Å²) in [6, 6.07) is 5.82. The molecule has 0 unspecified atom stereocenters. The highest BCUT2D eigenvalue weighted by Gasteiger charge is 2.26. The molecule has 1 atom stereocenters. The van der Waals surface area contributed by atoms with Gasteiger partial charge in [-0.15, -0.1) is 0 Å². The summed E-state index contributed by atoms with van der Waals surface area (Å²) in [7, 11) is 1.70. The van der Waals surface area contributed by atoms with Crippen LogP contribution in [0.2, 0.25) is 0 Å². The third-order valence-electron chi connectivity index (χ3n) is 2.57. The highest BCUT2D eigenvalue weighted by Crippen LogP contribution is 2.23. The highest BCUT2D eigenvalue weighted by atomic mass is 16.5. The number of aliphatic hydroxyl groups is 1. The van der Waals surface area contributed by atoms with Crippen LogP contribution in [-0.4, -0.2) is 32.3 Å². The van der Waals surface area contributed by atoms with Gasteiger partial charge in [0.25, 0.3) is 0 Å². The van der Waals surface area contributed by atoms with Gasteiger partial charge >= 0.3 is 7.48 Å². The molecule has 85 valence electrons. The van der Waals surface area contributed by atoms with Gasteiger partial charge in [-0.05, 0) is 17.1 Å². The van der Waals surface area contributed by atoms with Crippen LogP contribution in [0, 0.1) is 0 Å². The maximum Gasteiger partial charge on any atom is 0.335 e. The minimum Gasteiger partial charge on any atom is -0.494 e. The molecule has 1 radical (unpaired) electrons. The van der Waals surface area contributed by atoms with Gasteiger partial charge < -0.3 is 20.2 Å². The first-order valence-electron chi connectivity index (χ1n) is 5.42. The van der Waals surface area contributed by atoms with Gasteiger partial charge in [0.2, 0.25) is 0 Å². The number of hydrogen-bond acceptors (Lipinski definition) is 4. The second-order valence-corrected chi connectivity index (χ2v) is 3.66. The Morgan fingerprint density at radius 2 is 2.38 bits per heavy atom. The second-order valence-electron chi connectivity index (χ2n) is 3.66. The molecule has 4 nitrogen and oxygen atoms in total. The Balaban J connectivity index is 2.12. The maximum atomic E-state index is 8.69. The van der Waals surface area contributed by atoms with Crippen molar-refractivity contribution < 1.29 is 14.5 Å². The largest absolute Gasteiger partial charge is 0.494 e. The summed E-state index contributed by atoms with van der Waals surface area (Å²) in [6.07, 6.45) is 0.571. The molecular weight excluding hydrogens is 205 g/mol. The number of benzene rings is 1. The van der Waals surface area contributed by atoms with Gasteiger partial charge in [0.15, 0.2) is 0 Å². The molecule has 2 rings (SSSR count). The second kappa shape index (κ2) is 5.34. The van der Waals surface area contributed by atoms with Crippen LogP contribution in [0.4, 0.5) is 0 Å². The zero-order valence-electron chi connectivity index (χ0n) is 9.06. The Kier molecular flexibility index (Phi) is 3.82. The fraction of sp³-hybridized carbons (Fsp3) is 0.455. The van der Waals surface area contributed by atoms with Gasteiger partial charge in [0.05, 0.1) is 12.7 Å². The minimum absolute atomic E-state index is 0.0589. The van der Waals surface area contributed by atoms with E-state index in [9.17, 15) is 0 Å². The van der Waals surface area contributed by atoms with E-state index in [-0.39, 0.29) is 12.7 Å². The van der Waals surface area contributed by atoms with Gasteiger partial charge in [-0.2, -0.15) is 0 Å². The van der Waals surface area contributed by atoms with Crippen LogP contribution in [0.3, 0.4) is 0 Å². The first-order chi connectivity index (χ1) is 7.86. The van der Waals surface area contributed by atoms with Crippen LogP contribution in [0.1, 0.15) is 18.1 Å². The van der Waals surface area contributed by atoms with Crippen molar-refractivity contribution in [2.45, 2.75) is 12.5 Å². The quantitative estimate of drug-likeness (QED) is 0.529. The Morgan fingerprint density at radius 1 is 1.50 bits per heavy atom. The summed E-state index contributed by atoms with van der Waals surface area (Å²) < 4.78 is 11.0. The van der Waals surface area contributed by atoms with Crippen LogP contribution in [0.25, 0.3) is 0 Å². The SMILES string of the molecule is NC[C@H]1O[B]c2c(OCCCO)cccc21. The summed E-state index contributed by atoms with van der Waals surface area (Å²) in [4.78, 5) is 0. The fourth-order valence-electron chi connectivity index (χ4n) is 1.75. The molecule has 0 saturated carbocycles. The van der Waals surface area contributed by atoms with E-state index in [1.807, 2.05) is 18.2 Å². The first-order valence-corrected chi connectivity index (χ1v) is 5.42. The molecule has 16 heavy (non-hydrogen) atoms. The summed E-state index contributed by atoms with van der Waals surface area (Å²) in [6.45, 7) is 1.11. The lowest BCUT2D eigenvalue weighted by Gasteiger charge is -2.11. The van der Waals surface area contributed by atoms with E-state index in [4.69, 9.17) is 20.2 Å². The van der Waals surface area contributed by atoms with E-state index in [1.54, 1.807) is 7.48 Å². The number of aliphatic hydroxyl groups excluding tert-OH is 1. The number of rotatable bonds is 5. The van der Waals surface area contributed by atoms with Crippen molar-refractivity contribution in [3.8, 4) is 5.75 Å². The van der Waals surface area contributed by atoms with Crippen molar-refractivity contribution in [3.05, 3.63) is 23.8 Å². The average molecular weight is 220 g/mol. The molecule has 3 N–H and O–H groups in total. The Bertz CT molecular complexity index is 359. The Hall–Kier alpha value is -1.04. The molecule has 0 aromatic heterocycles. The number of hydrogen-bond donors (Lipinski definition) is 2. The van der Waals surface area contributed by atoms with Crippen molar-refractivity contribution in [1.82, 2.24) is 0 Å². The molecule has 0 fully saturated rings. The molecule has 1 heterocycles. The van der Waals surface area contributed by atoms with E-state index >= 15 is 0 Å². The van der Waals surface area contributed by atoms with Gasteiger partial charge in [0, 0.05) is 19.6 Å². The average Bonchev–Trinajstić information content (AvgIpc) is 2.73. The third kappa shape index (κ3) is 2.21. The van der Waals surface area contributed by atoms with Crippen LogP contribution >= 0.6 is 0 Å². The van der Waals surface area contributed by atoms with Crippen LogP contribution in [-0.2, 0) is 4.65 Å². The van der Waals surface area contributed by atoms with Crippen molar-refractivity contribution in [2.75, 3.05) is 19.8 Å². The van der Waals surface area contributed by atoms with Crippen molar-refractivity contribution in [2.24, 2.45) is 5.73 Å². The number of nitrogens with two attached hydrogens (primary N) is 1. The minimum atomic E-state index is -0.0589. The molecule has 1 aromatic rings. The Labute approximate surface area is 95.6 Å². The fourth-order valence-corrected chi connectivity index (χ4v) is 1.75. The van der Waals surface area contributed by atoms with Gasteiger partial charge in [-0.25, -0.2) is 0 Å². The number of ether oxygens (including phenoxy) is 1. The molecule has 0 spiro atoms. The van der Waals surface area contributed by atoms with Crippen molar-refractivity contribution >= 4 is 12.9 Å². The van der Waals surface area contributed by atoms with Gasteiger partial charge in [0.1, 0.15) is 5.75 Å². The van der Waals surface area contributed by atoms with Crippen molar-refractivity contribution in [3.63, 3.8) is 0 Å². The lowest BCUT2D eigenvalue weighted by atomic mass is 9.85. The zero-order valence-corrected chi connectivity index (χ0v) is 9.06. The summed E-state index contributed by atoms with van der Waals surface area (Å²) >= 11 is 0. The van der Waals surface area contributed by atoms with Gasteiger partial charge in [-0.1, -0.05) is 12.1 Å². The topological polar surface area (TPSA) is 64.7 Å². The molecule has 0 saturated heterocycles. The predicted molar refractivity (Wildman–Crippen MR) is 61.9 cm³/mol. The molecular formula is C11H15BNO3. The smallest absolute Gasteiger partial charge is 0.335 e. The molecule has 0 aliphatic carbocycles. The zero-order chi connectivity index (χ0) is 11.4. The lowest BCUT2D eigenvalue weighted by Crippen LogP contribution is -2.17. The molecule has 5 heteroatoms. The molecule has 1 aliphatic rings. The van der Waals surface area contributed by atoms with Crippen LogP contribution in [0.15, 0.2) is 18.2 Å². The van der Waals surface area contributed by atoms with E-state index in [0.29, 0.717) is 19.6 Å². The van der Waals surface area contributed by atoms with Crippen molar-refractivity contribution in [1.29, 1.82) is 0 Å².